The van der Waals surface area contributed by atoms with Gasteiger partial charge in [0.05, 0.1) is 16.8 Å². The maximum Gasteiger partial charge on any atom is 0.407 e. The summed E-state index contributed by atoms with van der Waals surface area (Å²) in [5, 5.41) is 19.3. The Bertz CT molecular complexity index is 1900. The molecule has 0 saturated heterocycles. The second-order valence-corrected chi connectivity index (χ2v) is 18.4. The molecule has 0 spiro atoms. The van der Waals surface area contributed by atoms with Crippen molar-refractivity contribution in [2.45, 2.75) is 88.5 Å². The molecule has 3 amide bonds. The van der Waals surface area contributed by atoms with Crippen molar-refractivity contribution in [2.24, 2.45) is 5.92 Å². The lowest BCUT2D eigenvalue weighted by Gasteiger charge is -2.40. The van der Waals surface area contributed by atoms with Gasteiger partial charge in [0.15, 0.2) is 0 Å². The normalized spacial score (nSPS) is 15.7. The fourth-order valence-corrected chi connectivity index (χ4v) is 9.46. The molecule has 0 aliphatic carbocycles. The zero-order chi connectivity index (χ0) is 42.6. The van der Waals surface area contributed by atoms with E-state index in [1.165, 1.54) is 11.8 Å². The molecule has 10 nitrogen and oxygen atoms in total. The van der Waals surface area contributed by atoms with Crippen LogP contribution >= 0.6 is 23.5 Å². The molecular formula is C47H58N4O6S2. The number of benzene rings is 4. The predicted molar refractivity (Wildman–Crippen MR) is 239 cm³/mol. The van der Waals surface area contributed by atoms with Gasteiger partial charge in [0, 0.05) is 25.3 Å². The molecule has 0 unspecified atom stereocenters. The second-order valence-electron chi connectivity index (χ2n) is 16.2. The van der Waals surface area contributed by atoms with Crippen molar-refractivity contribution in [3.63, 3.8) is 0 Å². The van der Waals surface area contributed by atoms with Gasteiger partial charge in [0.2, 0.25) is 11.8 Å². The fraction of sp³-hybridized carbons (Fsp3) is 0.404. The first-order chi connectivity index (χ1) is 28.2. The van der Waals surface area contributed by atoms with Crippen LogP contribution in [0.15, 0.2) is 115 Å². The highest BCUT2D eigenvalue weighted by Gasteiger charge is 2.41. The average molecular weight is 839 g/mol. The summed E-state index contributed by atoms with van der Waals surface area (Å²) in [4.78, 5) is 56.0. The minimum absolute atomic E-state index is 0.198. The monoisotopic (exact) mass is 838 g/mol. The van der Waals surface area contributed by atoms with Crippen molar-refractivity contribution in [2.75, 3.05) is 24.3 Å². The lowest BCUT2D eigenvalue weighted by atomic mass is 9.84. The molecule has 0 radical (unpaired) electrons. The minimum atomic E-state index is -1.11. The number of hydrogen-bond donors (Lipinski definition) is 4. The van der Waals surface area contributed by atoms with Gasteiger partial charge in [-0.1, -0.05) is 129 Å². The lowest BCUT2D eigenvalue weighted by molar-refractivity contribution is -0.146. The third-order valence-electron chi connectivity index (χ3n) is 10.3. The first kappa shape index (κ1) is 45.3. The van der Waals surface area contributed by atoms with Crippen molar-refractivity contribution < 1.29 is 29.0 Å². The lowest BCUT2D eigenvalue weighted by Crippen LogP contribution is -2.60. The molecule has 0 fully saturated rings. The number of carbonyl (C=O) groups is 4. The topological polar surface area (TPSA) is 137 Å². The molecule has 0 aromatic heterocycles. The zero-order valence-electron chi connectivity index (χ0n) is 34.9. The van der Waals surface area contributed by atoms with E-state index in [0.717, 1.165) is 27.8 Å². The molecule has 314 valence electrons. The number of alkyl carbamates (subject to hydrolysis) is 1. The molecule has 59 heavy (non-hydrogen) atoms. The van der Waals surface area contributed by atoms with E-state index in [1.807, 2.05) is 120 Å². The largest absolute Gasteiger partial charge is 0.480 e. The van der Waals surface area contributed by atoms with Crippen LogP contribution in [0.3, 0.4) is 0 Å². The van der Waals surface area contributed by atoms with E-state index in [9.17, 15) is 24.3 Å². The predicted octanol–water partition coefficient (Wildman–Crippen LogP) is 7.50. The average Bonchev–Trinajstić information content (AvgIpc) is 3.22. The number of amides is 3. The number of carboxylic acids is 1. The molecular weight excluding hydrogens is 781 g/mol. The number of nitrogens with one attached hydrogen (secondary N) is 3. The first-order valence-corrected chi connectivity index (χ1v) is 22.5. The maximum absolute atomic E-state index is 14.8. The zero-order valence-corrected chi connectivity index (χ0v) is 36.5. The standard InChI is InChI=1S/C47H58N4O6S2/c1-32(2)41(43(53)51-30-34-19-17-16-18-33(34)28-40(51)42(52)50-39(44(54)55)26-27-58-6)48-29-38(49-45(56)57-46(3,4)5)31-59-47(35-20-10-7-11-21-35,36-22-12-8-13-23-36)37-24-14-9-15-25-37/h7-25,32,38-41,48H,26-31H2,1-6H3,(H,49,56)(H,50,52)(H,54,55)/t38-,39+,40+,41+/m1/s1. The molecule has 1 aliphatic heterocycles. The van der Waals surface area contributed by atoms with Crippen LogP contribution < -0.4 is 16.0 Å². The molecule has 1 heterocycles. The number of aliphatic carboxylic acids is 1. The summed E-state index contributed by atoms with van der Waals surface area (Å²) in [6.45, 7) is 9.76. The Morgan fingerprint density at radius 1 is 0.797 bits per heavy atom. The summed E-state index contributed by atoms with van der Waals surface area (Å²) in [7, 11) is 0. The van der Waals surface area contributed by atoms with Crippen molar-refractivity contribution in [3.05, 3.63) is 143 Å². The summed E-state index contributed by atoms with van der Waals surface area (Å²) in [5.41, 5.74) is 4.38. The van der Waals surface area contributed by atoms with E-state index < -0.39 is 52.5 Å². The van der Waals surface area contributed by atoms with Crippen molar-refractivity contribution in [1.29, 1.82) is 0 Å². The smallest absolute Gasteiger partial charge is 0.407 e. The van der Waals surface area contributed by atoms with Crippen LogP contribution in [0.5, 0.6) is 0 Å². The maximum atomic E-state index is 14.8. The quantitative estimate of drug-likeness (QED) is 0.0752. The van der Waals surface area contributed by atoms with Crippen molar-refractivity contribution >= 4 is 47.4 Å². The van der Waals surface area contributed by atoms with E-state index in [0.29, 0.717) is 11.5 Å². The Morgan fingerprint density at radius 2 is 1.32 bits per heavy atom. The van der Waals surface area contributed by atoms with E-state index in [-0.39, 0.29) is 37.8 Å². The van der Waals surface area contributed by atoms with E-state index >= 15 is 0 Å². The van der Waals surface area contributed by atoms with Gasteiger partial charge >= 0.3 is 12.1 Å². The van der Waals surface area contributed by atoms with Crippen LogP contribution in [-0.4, -0.2) is 88.0 Å². The number of rotatable bonds is 18. The van der Waals surface area contributed by atoms with Gasteiger partial charge in [0.25, 0.3) is 0 Å². The highest BCUT2D eigenvalue weighted by atomic mass is 32.2. The van der Waals surface area contributed by atoms with Gasteiger partial charge < -0.3 is 30.7 Å². The number of nitrogens with zero attached hydrogens (tertiary/aromatic N) is 1. The third kappa shape index (κ3) is 11.9. The molecule has 1 aliphatic rings. The summed E-state index contributed by atoms with van der Waals surface area (Å²) in [5.74, 6) is -1.10. The molecule has 0 saturated carbocycles. The molecule has 4 atom stereocenters. The van der Waals surface area contributed by atoms with Crippen LogP contribution in [0.4, 0.5) is 4.79 Å². The number of carbonyl (C=O) groups excluding carboxylic acids is 3. The Balaban J connectivity index is 1.46. The molecule has 5 rings (SSSR count). The Morgan fingerprint density at radius 3 is 1.81 bits per heavy atom. The van der Waals surface area contributed by atoms with Crippen LogP contribution in [0.25, 0.3) is 0 Å². The number of carboxylic acid groups (broad SMARTS) is 1. The number of ether oxygens (including phenoxy) is 1. The highest BCUT2D eigenvalue weighted by molar-refractivity contribution is 8.00. The number of hydrogen-bond acceptors (Lipinski definition) is 8. The van der Waals surface area contributed by atoms with E-state index in [2.05, 4.69) is 52.3 Å². The minimum Gasteiger partial charge on any atom is -0.480 e. The SMILES string of the molecule is CSCC[C@H](NC(=O)[C@@H]1Cc2ccccc2CN1C(=O)[C@@H](NC[C@H](CSC(c1ccccc1)(c1ccccc1)c1ccccc1)NC(=O)OC(C)(C)C)C(C)C)C(=O)O. The number of fused-ring (bicyclic) bond motifs is 1. The van der Waals surface area contributed by atoms with E-state index in [1.54, 1.807) is 16.7 Å². The Kier molecular flexibility index (Phi) is 16.1. The molecule has 12 heteroatoms. The van der Waals surface area contributed by atoms with Gasteiger partial charge in [-0.3, -0.25) is 9.59 Å². The van der Waals surface area contributed by atoms with Gasteiger partial charge in [-0.15, -0.1) is 11.8 Å². The molecule has 4 aromatic carbocycles. The highest BCUT2D eigenvalue weighted by Crippen LogP contribution is 2.48. The first-order valence-electron chi connectivity index (χ1n) is 20.2. The van der Waals surface area contributed by atoms with Gasteiger partial charge in [-0.2, -0.15) is 11.8 Å². The van der Waals surface area contributed by atoms with Crippen molar-refractivity contribution in [3.8, 4) is 0 Å². The van der Waals surface area contributed by atoms with Gasteiger partial charge in [-0.05, 0) is 72.9 Å². The van der Waals surface area contributed by atoms with Crippen LogP contribution in [0, 0.1) is 5.92 Å². The van der Waals surface area contributed by atoms with Crippen molar-refractivity contribution in [1.82, 2.24) is 20.9 Å². The molecule has 4 aromatic rings. The summed E-state index contributed by atoms with van der Waals surface area (Å²) in [6.07, 6.45) is 1.84. The molecule has 4 N–H and O–H groups in total. The van der Waals surface area contributed by atoms with Gasteiger partial charge in [0.1, 0.15) is 17.7 Å². The number of thioether (sulfide) groups is 2. The Hall–Kier alpha value is -4.78. The van der Waals surface area contributed by atoms with Crippen LogP contribution in [0.1, 0.15) is 68.9 Å². The van der Waals surface area contributed by atoms with Crippen LogP contribution in [-0.2, 0) is 36.8 Å². The summed E-state index contributed by atoms with van der Waals surface area (Å²) >= 11 is 3.20. The van der Waals surface area contributed by atoms with Crippen LogP contribution in [0.2, 0.25) is 0 Å². The second kappa shape index (κ2) is 21.0. The van der Waals surface area contributed by atoms with E-state index in [4.69, 9.17) is 4.74 Å². The Labute approximate surface area is 357 Å². The fourth-order valence-electron chi connectivity index (χ4n) is 7.43. The molecule has 0 bridgehead atoms. The summed E-state index contributed by atoms with van der Waals surface area (Å²) < 4.78 is 5.09. The third-order valence-corrected chi connectivity index (χ3v) is 12.7. The van der Waals surface area contributed by atoms with Gasteiger partial charge in [-0.25, -0.2) is 9.59 Å². The summed E-state index contributed by atoms with van der Waals surface area (Å²) in [6, 6.07) is 35.4.